The number of Topliss-reactive ketones (excluding diaryl/α,β-unsaturated/α-hetero) is 1. The third-order valence-electron chi connectivity index (χ3n) is 3.01. The standard InChI is InChI=1S/C14H24N2O5/c1-10(17)16-12(14(21)15-2)7-5-3-4-6-11(18)8-9-13(19)20/h12H,3-9H2,1-2H3,(H,15,21)(H,16,17)(H,19,20)/t12-/m0/s1. The van der Waals surface area contributed by atoms with E-state index in [2.05, 4.69) is 10.6 Å². The first-order valence-corrected chi connectivity index (χ1v) is 7.09. The number of hydrogen-bond acceptors (Lipinski definition) is 4. The van der Waals surface area contributed by atoms with Crippen molar-refractivity contribution in [3.8, 4) is 0 Å². The van der Waals surface area contributed by atoms with Crippen molar-refractivity contribution < 1.29 is 24.3 Å². The monoisotopic (exact) mass is 300 g/mol. The van der Waals surface area contributed by atoms with Gasteiger partial charge in [-0.2, -0.15) is 0 Å². The van der Waals surface area contributed by atoms with E-state index in [1.807, 2.05) is 0 Å². The van der Waals surface area contributed by atoms with Gasteiger partial charge in [0.1, 0.15) is 11.8 Å². The van der Waals surface area contributed by atoms with Crippen LogP contribution < -0.4 is 10.6 Å². The molecule has 0 unspecified atom stereocenters. The van der Waals surface area contributed by atoms with E-state index < -0.39 is 12.0 Å². The average molecular weight is 300 g/mol. The highest BCUT2D eigenvalue weighted by molar-refractivity contribution is 5.86. The Kier molecular flexibility index (Phi) is 9.83. The molecule has 0 radical (unpaired) electrons. The number of carbonyl (C=O) groups is 4. The minimum Gasteiger partial charge on any atom is -0.481 e. The van der Waals surface area contributed by atoms with Crippen molar-refractivity contribution in [1.82, 2.24) is 10.6 Å². The molecule has 0 aromatic heterocycles. The maximum Gasteiger partial charge on any atom is 0.303 e. The molecule has 0 heterocycles. The van der Waals surface area contributed by atoms with Gasteiger partial charge in [0.05, 0.1) is 6.42 Å². The molecule has 0 aliphatic heterocycles. The van der Waals surface area contributed by atoms with Crippen LogP contribution in [0.25, 0.3) is 0 Å². The molecule has 0 aliphatic carbocycles. The Hall–Kier alpha value is -1.92. The van der Waals surface area contributed by atoms with Crippen molar-refractivity contribution in [2.45, 2.75) is 57.9 Å². The fourth-order valence-corrected chi connectivity index (χ4v) is 1.91. The van der Waals surface area contributed by atoms with Gasteiger partial charge in [-0.25, -0.2) is 0 Å². The first kappa shape index (κ1) is 19.1. The topological polar surface area (TPSA) is 113 Å². The molecule has 120 valence electrons. The van der Waals surface area contributed by atoms with Crippen LogP contribution in [0.4, 0.5) is 0 Å². The second kappa shape index (κ2) is 10.8. The Bertz CT molecular complexity index is 382. The lowest BCUT2D eigenvalue weighted by Gasteiger charge is -2.15. The maximum atomic E-state index is 11.5. The zero-order chi connectivity index (χ0) is 16.3. The van der Waals surface area contributed by atoms with E-state index in [9.17, 15) is 19.2 Å². The fourth-order valence-electron chi connectivity index (χ4n) is 1.91. The van der Waals surface area contributed by atoms with Crippen LogP contribution in [0, 0.1) is 0 Å². The smallest absolute Gasteiger partial charge is 0.303 e. The van der Waals surface area contributed by atoms with Crippen LogP contribution >= 0.6 is 0 Å². The molecule has 7 heteroatoms. The van der Waals surface area contributed by atoms with E-state index in [0.717, 1.165) is 6.42 Å². The van der Waals surface area contributed by atoms with Crippen molar-refractivity contribution in [1.29, 1.82) is 0 Å². The van der Waals surface area contributed by atoms with Crippen molar-refractivity contribution in [2.75, 3.05) is 7.05 Å². The second-order valence-corrected chi connectivity index (χ2v) is 4.90. The van der Waals surface area contributed by atoms with Gasteiger partial charge in [0, 0.05) is 26.8 Å². The molecule has 0 rings (SSSR count). The fraction of sp³-hybridized carbons (Fsp3) is 0.714. The summed E-state index contributed by atoms with van der Waals surface area (Å²) >= 11 is 0. The average Bonchev–Trinajstić information content (AvgIpc) is 2.42. The highest BCUT2D eigenvalue weighted by atomic mass is 16.4. The van der Waals surface area contributed by atoms with Gasteiger partial charge in [0.15, 0.2) is 0 Å². The van der Waals surface area contributed by atoms with Crippen LogP contribution in [-0.2, 0) is 19.2 Å². The quantitative estimate of drug-likeness (QED) is 0.484. The summed E-state index contributed by atoms with van der Waals surface area (Å²) < 4.78 is 0. The molecule has 1 atom stereocenters. The normalized spacial score (nSPS) is 11.5. The summed E-state index contributed by atoms with van der Waals surface area (Å²) in [5, 5.41) is 13.5. The minimum absolute atomic E-state index is 0.0536. The lowest BCUT2D eigenvalue weighted by molar-refractivity contribution is -0.138. The molecular weight excluding hydrogens is 276 g/mol. The molecule has 21 heavy (non-hydrogen) atoms. The predicted octanol–water partition coefficient (Wildman–Crippen LogP) is 0.621. The number of ketones is 1. The molecule has 0 bridgehead atoms. The highest BCUT2D eigenvalue weighted by Crippen LogP contribution is 2.08. The van der Waals surface area contributed by atoms with Crippen molar-refractivity contribution in [2.24, 2.45) is 0 Å². The summed E-state index contributed by atoms with van der Waals surface area (Å²) in [5.74, 6) is -1.51. The Morgan fingerprint density at radius 3 is 2.19 bits per heavy atom. The number of nitrogens with one attached hydrogen (secondary N) is 2. The van der Waals surface area contributed by atoms with Gasteiger partial charge in [0.25, 0.3) is 0 Å². The summed E-state index contributed by atoms with van der Waals surface area (Å²) in [6, 6.07) is -0.546. The van der Waals surface area contributed by atoms with Gasteiger partial charge in [-0.15, -0.1) is 0 Å². The van der Waals surface area contributed by atoms with Gasteiger partial charge in [0.2, 0.25) is 11.8 Å². The van der Waals surface area contributed by atoms with Crippen molar-refractivity contribution in [3.05, 3.63) is 0 Å². The van der Waals surface area contributed by atoms with Crippen LogP contribution in [0.2, 0.25) is 0 Å². The number of likely N-dealkylation sites (N-methyl/N-ethyl adjacent to an activating group) is 1. The summed E-state index contributed by atoms with van der Waals surface area (Å²) in [6.07, 6.45) is 2.96. The number of hydrogen-bond donors (Lipinski definition) is 3. The molecule has 0 saturated heterocycles. The molecule has 0 aromatic rings. The van der Waals surface area contributed by atoms with Crippen LogP contribution in [0.5, 0.6) is 0 Å². The Morgan fingerprint density at radius 1 is 1.00 bits per heavy atom. The number of rotatable bonds is 11. The molecule has 7 nitrogen and oxygen atoms in total. The van der Waals surface area contributed by atoms with E-state index >= 15 is 0 Å². The van der Waals surface area contributed by atoms with E-state index in [0.29, 0.717) is 25.7 Å². The molecule has 2 amide bonds. The van der Waals surface area contributed by atoms with E-state index in [4.69, 9.17) is 5.11 Å². The van der Waals surface area contributed by atoms with Crippen LogP contribution in [0.1, 0.15) is 51.9 Å². The zero-order valence-corrected chi connectivity index (χ0v) is 12.6. The molecule has 0 aromatic carbocycles. The molecule has 0 spiro atoms. The van der Waals surface area contributed by atoms with Crippen LogP contribution in [-0.4, -0.2) is 41.8 Å². The molecule has 3 N–H and O–H groups in total. The SMILES string of the molecule is CNC(=O)[C@H](CCCCCC(=O)CCC(=O)O)NC(C)=O. The maximum absolute atomic E-state index is 11.5. The molecule has 0 saturated carbocycles. The largest absolute Gasteiger partial charge is 0.481 e. The lowest BCUT2D eigenvalue weighted by Crippen LogP contribution is -2.44. The highest BCUT2D eigenvalue weighted by Gasteiger charge is 2.17. The predicted molar refractivity (Wildman–Crippen MR) is 76.6 cm³/mol. The summed E-state index contributed by atoms with van der Waals surface area (Å²) in [6.45, 7) is 1.36. The third-order valence-corrected chi connectivity index (χ3v) is 3.01. The van der Waals surface area contributed by atoms with Gasteiger partial charge >= 0.3 is 5.97 Å². The Morgan fingerprint density at radius 2 is 1.67 bits per heavy atom. The summed E-state index contributed by atoms with van der Waals surface area (Å²) in [4.78, 5) is 44.2. The van der Waals surface area contributed by atoms with Crippen LogP contribution in [0.3, 0.4) is 0 Å². The molecular formula is C14H24N2O5. The number of amides is 2. The Labute approximate surface area is 124 Å². The number of carbonyl (C=O) groups excluding carboxylic acids is 3. The van der Waals surface area contributed by atoms with Gasteiger partial charge in [-0.05, 0) is 12.8 Å². The third kappa shape index (κ3) is 10.5. The summed E-state index contributed by atoms with van der Waals surface area (Å²) in [7, 11) is 1.51. The second-order valence-electron chi connectivity index (χ2n) is 4.90. The lowest BCUT2D eigenvalue weighted by atomic mass is 10.0. The molecule has 0 aliphatic rings. The number of carboxylic acids is 1. The van der Waals surface area contributed by atoms with Gasteiger partial charge < -0.3 is 15.7 Å². The summed E-state index contributed by atoms with van der Waals surface area (Å²) in [5.41, 5.74) is 0. The van der Waals surface area contributed by atoms with Crippen molar-refractivity contribution in [3.63, 3.8) is 0 Å². The van der Waals surface area contributed by atoms with Crippen LogP contribution in [0.15, 0.2) is 0 Å². The zero-order valence-electron chi connectivity index (χ0n) is 12.6. The van der Waals surface area contributed by atoms with E-state index in [1.165, 1.54) is 14.0 Å². The first-order valence-electron chi connectivity index (χ1n) is 7.09. The number of carboxylic acid groups (broad SMARTS) is 1. The minimum atomic E-state index is -0.966. The number of aliphatic carboxylic acids is 1. The first-order chi connectivity index (χ1) is 9.86. The number of unbranched alkanes of at least 4 members (excludes halogenated alkanes) is 2. The molecule has 0 fully saturated rings. The van der Waals surface area contributed by atoms with Gasteiger partial charge in [-0.3, -0.25) is 19.2 Å². The Balaban J connectivity index is 3.84. The van der Waals surface area contributed by atoms with E-state index in [1.54, 1.807) is 0 Å². The van der Waals surface area contributed by atoms with Gasteiger partial charge in [-0.1, -0.05) is 12.8 Å². The van der Waals surface area contributed by atoms with E-state index in [-0.39, 0.29) is 30.4 Å². The van der Waals surface area contributed by atoms with Crippen molar-refractivity contribution >= 4 is 23.6 Å².